The molecule has 2 atom stereocenters. The fourth-order valence-electron chi connectivity index (χ4n) is 12.4. The lowest BCUT2D eigenvalue weighted by Gasteiger charge is -2.22. The molecule has 0 saturated carbocycles. The van der Waals surface area contributed by atoms with Gasteiger partial charge in [0.2, 0.25) is 5.91 Å². The molecule has 0 bridgehead atoms. The first-order chi connectivity index (χ1) is 43.0. The minimum Gasteiger partial charge on any atom is -0.466 e. The number of rotatable bonds is 74. The molecule has 2 unspecified atom stereocenters. The van der Waals surface area contributed by atoms with Gasteiger partial charge >= 0.3 is 5.97 Å². The minimum atomic E-state index is -0.662. The van der Waals surface area contributed by atoms with Gasteiger partial charge in [-0.15, -0.1) is 0 Å². The topological polar surface area (TPSA) is 95.9 Å². The van der Waals surface area contributed by atoms with E-state index < -0.39 is 12.1 Å². The molecule has 0 rings (SSSR count). The van der Waals surface area contributed by atoms with Crippen molar-refractivity contribution in [1.29, 1.82) is 0 Å². The fourth-order valence-corrected chi connectivity index (χ4v) is 12.4. The molecule has 0 aliphatic carbocycles. The second-order valence-corrected chi connectivity index (χ2v) is 27.0. The number of hydrogen-bond donors (Lipinski definition) is 3. The molecule has 0 radical (unpaired) electrons. The van der Waals surface area contributed by atoms with Gasteiger partial charge in [0.25, 0.3) is 0 Å². The van der Waals surface area contributed by atoms with E-state index in [0.29, 0.717) is 25.9 Å². The Balaban J connectivity index is 3.35. The van der Waals surface area contributed by atoms with E-state index in [-0.39, 0.29) is 18.5 Å². The molecular weight excluding hydrogens is 1070 g/mol. The van der Waals surface area contributed by atoms with Crippen molar-refractivity contribution in [2.45, 2.75) is 443 Å². The molecule has 87 heavy (non-hydrogen) atoms. The first kappa shape index (κ1) is 84.8. The van der Waals surface area contributed by atoms with Gasteiger partial charge in [-0.3, -0.25) is 9.59 Å². The highest BCUT2D eigenvalue weighted by molar-refractivity contribution is 5.76. The summed E-state index contributed by atoms with van der Waals surface area (Å²) in [6, 6.07) is -0.539. The Morgan fingerprint density at radius 2 is 0.575 bits per heavy atom. The largest absolute Gasteiger partial charge is 0.466 e. The second-order valence-electron chi connectivity index (χ2n) is 27.0. The summed E-state index contributed by atoms with van der Waals surface area (Å²) in [6.07, 6.45) is 101. The molecule has 512 valence electrons. The third kappa shape index (κ3) is 72.8. The van der Waals surface area contributed by atoms with Crippen LogP contribution in [0.5, 0.6) is 0 Å². The van der Waals surface area contributed by atoms with E-state index in [9.17, 15) is 19.8 Å². The zero-order chi connectivity index (χ0) is 62.8. The van der Waals surface area contributed by atoms with E-state index in [0.717, 1.165) is 57.8 Å². The highest BCUT2D eigenvalue weighted by Gasteiger charge is 2.20. The van der Waals surface area contributed by atoms with Crippen LogP contribution in [0.1, 0.15) is 431 Å². The van der Waals surface area contributed by atoms with Crippen molar-refractivity contribution >= 4 is 11.9 Å². The number of allylic oxidation sites excluding steroid dienone is 8. The minimum absolute atomic E-state index is 0.00655. The van der Waals surface area contributed by atoms with Gasteiger partial charge in [0.15, 0.2) is 0 Å². The second kappa shape index (κ2) is 76.3. The number of aliphatic hydroxyl groups is 2. The summed E-state index contributed by atoms with van der Waals surface area (Å²) in [4.78, 5) is 24.6. The molecule has 6 nitrogen and oxygen atoms in total. The lowest BCUT2D eigenvalue weighted by molar-refractivity contribution is -0.143. The summed E-state index contributed by atoms with van der Waals surface area (Å²) >= 11 is 0. The third-order valence-corrected chi connectivity index (χ3v) is 18.4. The molecule has 6 heteroatoms. The quantitative estimate of drug-likeness (QED) is 0.0320. The van der Waals surface area contributed by atoms with E-state index in [4.69, 9.17) is 4.74 Å². The number of amides is 1. The summed E-state index contributed by atoms with van der Waals surface area (Å²) < 4.78 is 5.49. The standard InChI is InChI=1S/C81H153NO5/c1-3-5-7-9-11-13-15-17-19-46-49-53-57-61-65-69-73-79(84)78(77-83)82-80(85)74-70-66-62-58-54-50-47-43-41-39-37-35-33-31-29-27-25-23-21-20-22-24-26-28-30-32-34-36-38-40-42-44-48-52-56-60-64-68-72-76-87-81(86)75-71-67-63-59-55-51-45-18-16-14-12-10-8-6-4-2/h12,14,18,20-21,24,26,45,78-79,83-84H,3-11,13,15-17,19,22-23,25,27-44,46-77H2,1-2H3,(H,82,85)/b14-12-,21-20-,26-24-,45-18-. The number of nitrogens with one attached hydrogen (secondary N) is 1. The van der Waals surface area contributed by atoms with Crippen LogP contribution < -0.4 is 5.32 Å². The van der Waals surface area contributed by atoms with Gasteiger partial charge in [-0.25, -0.2) is 0 Å². The maximum absolute atomic E-state index is 12.5. The predicted octanol–water partition coefficient (Wildman–Crippen LogP) is 26.0. The monoisotopic (exact) mass is 1220 g/mol. The molecular formula is C81H153NO5. The fraction of sp³-hybridized carbons (Fsp3) is 0.877. The summed E-state index contributed by atoms with van der Waals surface area (Å²) in [6.45, 7) is 4.96. The van der Waals surface area contributed by atoms with Crippen LogP contribution in [0.3, 0.4) is 0 Å². The van der Waals surface area contributed by atoms with E-state index in [2.05, 4.69) is 67.8 Å². The van der Waals surface area contributed by atoms with Gasteiger partial charge in [-0.2, -0.15) is 0 Å². The molecule has 0 heterocycles. The average Bonchev–Trinajstić information content (AvgIpc) is 3.53. The highest BCUT2D eigenvalue weighted by Crippen LogP contribution is 2.19. The Kier molecular flexibility index (Phi) is 74.4. The van der Waals surface area contributed by atoms with Crippen LogP contribution in [0.15, 0.2) is 48.6 Å². The van der Waals surface area contributed by atoms with E-state index in [1.54, 1.807) is 0 Å². The number of unbranched alkanes of at least 4 members (excludes halogenated alkanes) is 55. The lowest BCUT2D eigenvalue weighted by Crippen LogP contribution is -2.45. The van der Waals surface area contributed by atoms with Crippen molar-refractivity contribution in [1.82, 2.24) is 5.32 Å². The van der Waals surface area contributed by atoms with E-state index >= 15 is 0 Å². The maximum atomic E-state index is 12.5. The maximum Gasteiger partial charge on any atom is 0.305 e. The molecule has 0 aromatic carbocycles. The third-order valence-electron chi connectivity index (χ3n) is 18.4. The lowest BCUT2D eigenvalue weighted by atomic mass is 10.0. The van der Waals surface area contributed by atoms with Crippen molar-refractivity contribution in [3.05, 3.63) is 48.6 Å². The molecule has 0 aromatic rings. The van der Waals surface area contributed by atoms with Crippen molar-refractivity contribution in [2.75, 3.05) is 13.2 Å². The van der Waals surface area contributed by atoms with Gasteiger partial charge in [0, 0.05) is 12.8 Å². The molecule has 0 fully saturated rings. The number of hydrogen-bond acceptors (Lipinski definition) is 5. The molecule has 0 aliphatic rings. The number of carbonyl (C=O) groups is 2. The van der Waals surface area contributed by atoms with Crippen molar-refractivity contribution in [3.63, 3.8) is 0 Å². The number of carbonyl (C=O) groups excluding carboxylic acids is 2. The van der Waals surface area contributed by atoms with Gasteiger partial charge < -0.3 is 20.3 Å². The molecule has 1 amide bonds. The van der Waals surface area contributed by atoms with Crippen LogP contribution in [-0.2, 0) is 14.3 Å². The first-order valence-electron chi connectivity index (χ1n) is 39.4. The summed E-state index contributed by atoms with van der Waals surface area (Å²) in [5.74, 6) is -0.0221. The van der Waals surface area contributed by atoms with Crippen molar-refractivity contribution < 1.29 is 24.5 Å². The summed E-state index contributed by atoms with van der Waals surface area (Å²) in [5, 5.41) is 23.4. The Morgan fingerprint density at radius 3 is 0.897 bits per heavy atom. The van der Waals surface area contributed by atoms with Crippen LogP contribution in [0.4, 0.5) is 0 Å². The normalized spacial score (nSPS) is 12.7. The SMILES string of the molecule is CCCCC/C=C\C/C=C\CCCCCCCC(=O)OCCCCCCCCCCCCCCCCC/C=C\C/C=C\CCCCCCCCCCCCCCCCCCCC(=O)NC(CO)C(O)CCCCCCCCCCCCCCCCCC. The molecule has 0 saturated heterocycles. The zero-order valence-electron chi connectivity index (χ0n) is 58.8. The van der Waals surface area contributed by atoms with Crippen LogP contribution in [0.25, 0.3) is 0 Å². The van der Waals surface area contributed by atoms with Crippen LogP contribution >= 0.6 is 0 Å². The highest BCUT2D eigenvalue weighted by atomic mass is 16.5. The Morgan fingerprint density at radius 1 is 0.322 bits per heavy atom. The van der Waals surface area contributed by atoms with E-state index in [1.165, 1.54) is 340 Å². The Bertz CT molecular complexity index is 1450. The van der Waals surface area contributed by atoms with Gasteiger partial charge in [0.1, 0.15) is 0 Å². The summed E-state index contributed by atoms with van der Waals surface area (Å²) in [7, 11) is 0. The number of aliphatic hydroxyl groups excluding tert-OH is 2. The molecule has 0 spiro atoms. The van der Waals surface area contributed by atoms with Gasteiger partial charge in [0.05, 0.1) is 25.4 Å². The van der Waals surface area contributed by atoms with Crippen LogP contribution in [0, 0.1) is 0 Å². The molecule has 0 aliphatic heterocycles. The summed E-state index contributed by atoms with van der Waals surface area (Å²) in [5.41, 5.74) is 0. The molecule has 0 aromatic heterocycles. The van der Waals surface area contributed by atoms with Crippen molar-refractivity contribution in [3.8, 4) is 0 Å². The number of ether oxygens (including phenoxy) is 1. The van der Waals surface area contributed by atoms with Gasteiger partial charge in [-0.05, 0) is 89.9 Å². The van der Waals surface area contributed by atoms with E-state index in [1.807, 2.05) is 0 Å². The zero-order valence-corrected chi connectivity index (χ0v) is 58.8. The Hall–Kier alpha value is -2.18. The smallest absolute Gasteiger partial charge is 0.305 e. The van der Waals surface area contributed by atoms with Crippen LogP contribution in [-0.4, -0.2) is 47.4 Å². The van der Waals surface area contributed by atoms with Crippen LogP contribution in [0.2, 0.25) is 0 Å². The average molecular weight is 1220 g/mol. The predicted molar refractivity (Wildman–Crippen MR) is 384 cm³/mol. The molecule has 3 N–H and O–H groups in total. The number of esters is 1. The van der Waals surface area contributed by atoms with Crippen molar-refractivity contribution in [2.24, 2.45) is 0 Å². The van der Waals surface area contributed by atoms with Gasteiger partial charge in [-0.1, -0.05) is 377 Å². The first-order valence-corrected chi connectivity index (χ1v) is 39.4. The Labute approximate surface area is 544 Å².